The number of ether oxygens (including phenoxy) is 1. The van der Waals surface area contributed by atoms with E-state index in [4.69, 9.17) is 10.5 Å². The van der Waals surface area contributed by atoms with E-state index < -0.39 is 29.5 Å². The number of alkyl carbamates (subject to hydrolysis) is 1. The number of amides is 1. The zero-order chi connectivity index (χ0) is 17.1. The minimum Gasteiger partial charge on any atom is -0.444 e. The third-order valence-corrected chi connectivity index (χ3v) is 2.90. The van der Waals surface area contributed by atoms with Gasteiger partial charge in [-0.1, -0.05) is 6.07 Å². The summed E-state index contributed by atoms with van der Waals surface area (Å²) in [5, 5.41) is 2.57. The van der Waals surface area contributed by atoms with E-state index in [1.807, 2.05) is 0 Å². The molecule has 1 amide bonds. The third kappa shape index (κ3) is 5.22. The lowest BCUT2D eigenvalue weighted by atomic mass is 9.98. The highest BCUT2D eigenvalue weighted by Crippen LogP contribution is 2.31. The fourth-order valence-electron chi connectivity index (χ4n) is 1.96. The Morgan fingerprint density at radius 3 is 2.32 bits per heavy atom. The number of aryl methyl sites for hydroxylation is 1. The van der Waals surface area contributed by atoms with Gasteiger partial charge in [-0.2, -0.15) is 13.2 Å². The molecule has 0 saturated carbocycles. The van der Waals surface area contributed by atoms with Gasteiger partial charge in [-0.15, -0.1) is 0 Å². The van der Waals surface area contributed by atoms with Crippen molar-refractivity contribution >= 4 is 6.09 Å². The van der Waals surface area contributed by atoms with Crippen LogP contribution in [0.2, 0.25) is 0 Å². The summed E-state index contributed by atoms with van der Waals surface area (Å²) < 4.78 is 43.1. The van der Waals surface area contributed by atoms with Crippen molar-refractivity contribution in [1.29, 1.82) is 0 Å². The van der Waals surface area contributed by atoms with Crippen LogP contribution in [0.3, 0.4) is 0 Å². The number of hydrogen-bond acceptors (Lipinski definition) is 3. The van der Waals surface area contributed by atoms with Crippen molar-refractivity contribution in [2.24, 2.45) is 5.73 Å². The lowest BCUT2D eigenvalue weighted by Gasteiger charge is -2.24. The van der Waals surface area contributed by atoms with Crippen LogP contribution in [0.15, 0.2) is 18.2 Å². The molecular formula is C15H21F3N2O2. The van der Waals surface area contributed by atoms with Crippen molar-refractivity contribution in [3.63, 3.8) is 0 Å². The molecule has 4 nitrogen and oxygen atoms in total. The summed E-state index contributed by atoms with van der Waals surface area (Å²) in [5.41, 5.74) is 5.15. The van der Waals surface area contributed by atoms with E-state index in [-0.39, 0.29) is 6.54 Å². The predicted molar refractivity (Wildman–Crippen MR) is 77.3 cm³/mol. The van der Waals surface area contributed by atoms with E-state index in [9.17, 15) is 18.0 Å². The molecule has 22 heavy (non-hydrogen) atoms. The molecule has 0 aliphatic carbocycles. The number of nitrogens with one attached hydrogen (secondary N) is 1. The number of benzene rings is 1. The van der Waals surface area contributed by atoms with Crippen LogP contribution in [0.1, 0.15) is 43.5 Å². The molecule has 3 N–H and O–H groups in total. The van der Waals surface area contributed by atoms with Gasteiger partial charge < -0.3 is 15.8 Å². The number of hydrogen-bond donors (Lipinski definition) is 2. The standard InChI is InChI=1S/C15H21F3N2O2/c1-9-7-10(15(16,17)18)5-6-11(9)12(8-19)20-13(21)22-14(2,3)4/h5-7,12H,8,19H2,1-4H3,(H,20,21). The molecule has 0 saturated heterocycles. The van der Waals surface area contributed by atoms with Crippen molar-refractivity contribution in [3.05, 3.63) is 34.9 Å². The zero-order valence-corrected chi connectivity index (χ0v) is 13.0. The highest BCUT2D eigenvalue weighted by molar-refractivity contribution is 5.68. The summed E-state index contributed by atoms with van der Waals surface area (Å²) in [6.45, 7) is 6.74. The van der Waals surface area contributed by atoms with Crippen LogP contribution >= 0.6 is 0 Å². The first kappa shape index (κ1) is 18.3. The van der Waals surface area contributed by atoms with E-state index in [0.29, 0.717) is 11.1 Å². The molecule has 0 aliphatic heterocycles. The van der Waals surface area contributed by atoms with Gasteiger partial charge in [-0.25, -0.2) is 4.79 Å². The van der Waals surface area contributed by atoms with Gasteiger partial charge in [0.25, 0.3) is 0 Å². The first-order valence-electron chi connectivity index (χ1n) is 6.81. The van der Waals surface area contributed by atoms with Crippen molar-refractivity contribution in [3.8, 4) is 0 Å². The molecule has 0 spiro atoms. The summed E-state index contributed by atoms with van der Waals surface area (Å²) >= 11 is 0. The number of alkyl halides is 3. The van der Waals surface area contributed by atoms with E-state index >= 15 is 0 Å². The van der Waals surface area contributed by atoms with E-state index in [1.54, 1.807) is 27.7 Å². The second-order valence-corrected chi connectivity index (χ2v) is 6.00. The Morgan fingerprint density at radius 2 is 1.91 bits per heavy atom. The van der Waals surface area contributed by atoms with Crippen molar-refractivity contribution in [2.75, 3.05) is 6.54 Å². The normalized spacial score (nSPS) is 13.6. The van der Waals surface area contributed by atoms with Gasteiger partial charge in [0.15, 0.2) is 0 Å². The average molecular weight is 318 g/mol. The van der Waals surface area contributed by atoms with Crippen LogP contribution in [-0.4, -0.2) is 18.2 Å². The predicted octanol–water partition coefficient (Wildman–Crippen LogP) is 3.54. The number of nitrogens with two attached hydrogens (primary N) is 1. The van der Waals surface area contributed by atoms with Crippen molar-refractivity contribution in [1.82, 2.24) is 5.32 Å². The highest BCUT2D eigenvalue weighted by atomic mass is 19.4. The molecule has 124 valence electrons. The molecule has 1 aromatic carbocycles. The number of carbonyl (C=O) groups excluding carboxylic acids is 1. The van der Waals surface area contributed by atoms with Crippen LogP contribution in [0.4, 0.5) is 18.0 Å². The molecule has 0 heterocycles. The van der Waals surface area contributed by atoms with Crippen LogP contribution in [-0.2, 0) is 10.9 Å². The highest BCUT2D eigenvalue weighted by Gasteiger charge is 2.31. The minimum absolute atomic E-state index is 0.0471. The monoisotopic (exact) mass is 318 g/mol. The molecule has 0 fully saturated rings. The van der Waals surface area contributed by atoms with E-state index in [2.05, 4.69) is 5.32 Å². The van der Waals surface area contributed by atoms with Gasteiger partial charge in [-0.05, 0) is 51.0 Å². The summed E-state index contributed by atoms with van der Waals surface area (Å²) in [6.07, 6.45) is -5.07. The first-order valence-corrected chi connectivity index (χ1v) is 6.81. The number of carbonyl (C=O) groups is 1. The Balaban J connectivity index is 2.94. The van der Waals surface area contributed by atoms with E-state index in [0.717, 1.165) is 12.1 Å². The fraction of sp³-hybridized carbons (Fsp3) is 0.533. The molecule has 0 aromatic heterocycles. The molecule has 0 radical (unpaired) electrons. The van der Waals surface area contributed by atoms with Crippen LogP contribution in [0.25, 0.3) is 0 Å². The molecule has 1 atom stereocenters. The summed E-state index contributed by atoms with van der Waals surface area (Å²) in [4.78, 5) is 11.8. The maximum Gasteiger partial charge on any atom is 0.416 e. The Hall–Kier alpha value is -1.76. The average Bonchev–Trinajstić information content (AvgIpc) is 2.33. The summed E-state index contributed by atoms with van der Waals surface area (Å²) in [7, 11) is 0. The lowest BCUT2D eigenvalue weighted by molar-refractivity contribution is -0.137. The van der Waals surface area contributed by atoms with Gasteiger partial charge in [0, 0.05) is 6.54 Å². The molecule has 1 unspecified atom stereocenters. The second kappa shape index (κ2) is 6.56. The van der Waals surface area contributed by atoms with Crippen LogP contribution in [0.5, 0.6) is 0 Å². The van der Waals surface area contributed by atoms with Gasteiger partial charge in [0.2, 0.25) is 0 Å². The van der Waals surface area contributed by atoms with Gasteiger partial charge in [0.1, 0.15) is 5.60 Å². The maximum atomic E-state index is 12.7. The maximum absolute atomic E-state index is 12.7. The number of rotatable bonds is 3. The smallest absolute Gasteiger partial charge is 0.416 e. The molecule has 7 heteroatoms. The molecule has 1 aromatic rings. The van der Waals surface area contributed by atoms with Crippen molar-refractivity contribution in [2.45, 2.75) is 45.5 Å². The molecule has 0 aliphatic rings. The van der Waals surface area contributed by atoms with E-state index in [1.165, 1.54) is 6.07 Å². The van der Waals surface area contributed by atoms with Gasteiger partial charge in [-0.3, -0.25) is 0 Å². The van der Waals surface area contributed by atoms with Gasteiger partial charge >= 0.3 is 12.3 Å². The lowest BCUT2D eigenvalue weighted by Crippen LogP contribution is -2.38. The second-order valence-electron chi connectivity index (χ2n) is 6.00. The quantitative estimate of drug-likeness (QED) is 0.896. The Labute approximate surface area is 127 Å². The summed E-state index contributed by atoms with van der Waals surface area (Å²) in [6, 6.07) is 2.72. The number of halogens is 3. The third-order valence-electron chi connectivity index (χ3n) is 2.90. The molecule has 1 rings (SSSR count). The topological polar surface area (TPSA) is 64.3 Å². The van der Waals surface area contributed by atoms with Crippen LogP contribution in [0, 0.1) is 6.92 Å². The SMILES string of the molecule is Cc1cc(C(F)(F)F)ccc1C(CN)NC(=O)OC(C)(C)C. The fourth-order valence-corrected chi connectivity index (χ4v) is 1.96. The van der Waals surface area contributed by atoms with Crippen LogP contribution < -0.4 is 11.1 Å². The largest absolute Gasteiger partial charge is 0.444 e. The molecular weight excluding hydrogens is 297 g/mol. The Kier molecular flexibility index (Phi) is 5.45. The summed E-state index contributed by atoms with van der Waals surface area (Å²) in [5.74, 6) is 0. The first-order chi connectivity index (χ1) is 9.94. The van der Waals surface area contributed by atoms with Crippen molar-refractivity contribution < 1.29 is 22.7 Å². The molecule has 0 bridgehead atoms. The van der Waals surface area contributed by atoms with Gasteiger partial charge in [0.05, 0.1) is 11.6 Å². The Bertz CT molecular complexity index is 537. The zero-order valence-electron chi connectivity index (χ0n) is 13.0. The Morgan fingerprint density at radius 1 is 1.32 bits per heavy atom. The minimum atomic E-state index is -4.40.